The molecule has 1 aliphatic rings. The Morgan fingerprint density at radius 1 is 1.29 bits per heavy atom. The number of hydrogen-bond acceptors (Lipinski definition) is 2. The Balaban J connectivity index is 2.08. The van der Waals surface area contributed by atoms with Crippen molar-refractivity contribution in [2.24, 2.45) is 5.10 Å². The van der Waals surface area contributed by atoms with Crippen LogP contribution in [-0.4, -0.2) is 16.6 Å². The van der Waals surface area contributed by atoms with Crippen molar-refractivity contribution in [2.45, 2.75) is 32.6 Å². The summed E-state index contributed by atoms with van der Waals surface area (Å²) in [4.78, 5) is 11.7. The van der Waals surface area contributed by atoms with Crippen LogP contribution in [0.3, 0.4) is 0 Å². The maximum absolute atomic E-state index is 11.7. The first-order valence-electron chi connectivity index (χ1n) is 7.01. The Kier molecular flexibility index (Phi) is 5.59. The normalized spacial score (nSPS) is 14.9. The smallest absolute Gasteiger partial charge is 0.255 e. The van der Waals surface area contributed by atoms with E-state index in [-0.39, 0.29) is 5.91 Å². The van der Waals surface area contributed by atoms with E-state index in [9.17, 15) is 4.79 Å². The van der Waals surface area contributed by atoms with E-state index in [0.717, 1.165) is 24.1 Å². The van der Waals surface area contributed by atoms with Crippen molar-refractivity contribution in [3.63, 3.8) is 0 Å². The lowest BCUT2D eigenvalue weighted by Gasteiger charge is -2.16. The van der Waals surface area contributed by atoms with Crippen LogP contribution in [0, 0.1) is 12.0 Å². The number of rotatable bonds is 3. The molecule has 2 rings (SSSR count). The molecule has 0 fully saturated rings. The average Bonchev–Trinajstić information content (AvgIpc) is 2.49. The highest BCUT2D eigenvalue weighted by Crippen LogP contribution is 2.13. The summed E-state index contributed by atoms with van der Waals surface area (Å²) in [5.41, 5.74) is 1.90. The van der Waals surface area contributed by atoms with E-state index in [0.29, 0.717) is 17.9 Å². The van der Waals surface area contributed by atoms with Crippen LogP contribution < -0.4 is 0 Å². The van der Waals surface area contributed by atoms with E-state index >= 15 is 0 Å². The predicted molar refractivity (Wildman–Crippen MR) is 86.7 cm³/mol. The van der Waals surface area contributed by atoms with Crippen LogP contribution in [0.15, 0.2) is 35.4 Å². The van der Waals surface area contributed by atoms with Gasteiger partial charge in [-0.3, -0.25) is 4.79 Å². The zero-order chi connectivity index (χ0) is 15.1. The Hall–Kier alpha value is -2.05. The molecule has 21 heavy (non-hydrogen) atoms. The Bertz CT molecular complexity index is 620. The van der Waals surface area contributed by atoms with Gasteiger partial charge in [0.1, 0.15) is 0 Å². The number of halogens is 1. The molecule has 0 bridgehead atoms. The van der Waals surface area contributed by atoms with Crippen molar-refractivity contribution in [1.29, 1.82) is 0 Å². The highest BCUT2D eigenvalue weighted by molar-refractivity contribution is 6.30. The molecular weight excluding hydrogens is 284 g/mol. The number of amides is 1. The first-order valence-corrected chi connectivity index (χ1v) is 7.39. The zero-order valence-corrected chi connectivity index (χ0v) is 12.7. The lowest BCUT2D eigenvalue weighted by molar-refractivity contribution is -0.128. The third kappa shape index (κ3) is 4.77. The molecule has 0 atom stereocenters. The molecule has 0 unspecified atom stereocenters. The molecule has 0 radical (unpaired) electrons. The van der Waals surface area contributed by atoms with E-state index in [1.54, 1.807) is 0 Å². The second-order valence-corrected chi connectivity index (χ2v) is 5.16. The van der Waals surface area contributed by atoms with Crippen LogP contribution in [0.1, 0.15) is 38.2 Å². The maximum Gasteiger partial charge on any atom is 0.255 e. The summed E-state index contributed by atoms with van der Waals surface area (Å²) in [5.74, 6) is 2.91. The van der Waals surface area contributed by atoms with Crippen molar-refractivity contribution < 1.29 is 4.79 Å². The van der Waals surface area contributed by atoms with Gasteiger partial charge in [0.05, 0.1) is 5.71 Å². The van der Waals surface area contributed by atoms with Gasteiger partial charge in [-0.25, -0.2) is 0 Å². The van der Waals surface area contributed by atoms with Crippen molar-refractivity contribution in [3.05, 3.63) is 40.9 Å². The van der Waals surface area contributed by atoms with Gasteiger partial charge in [0.15, 0.2) is 0 Å². The molecule has 3 nitrogen and oxygen atoms in total. The van der Waals surface area contributed by atoms with Gasteiger partial charge >= 0.3 is 0 Å². The van der Waals surface area contributed by atoms with Gasteiger partial charge in [0.2, 0.25) is 0 Å². The van der Waals surface area contributed by atoms with Gasteiger partial charge in [0.25, 0.3) is 5.91 Å². The Morgan fingerprint density at radius 2 is 2.05 bits per heavy atom. The van der Waals surface area contributed by atoms with E-state index < -0.39 is 0 Å². The number of hydrazone groups is 1. The molecule has 0 aromatic heterocycles. The van der Waals surface area contributed by atoms with Gasteiger partial charge in [-0.05, 0) is 30.2 Å². The predicted octanol–water partition coefficient (Wildman–Crippen LogP) is 4.09. The topological polar surface area (TPSA) is 32.7 Å². The minimum atomic E-state index is -0.0396. The number of carbonyl (C=O) groups is 1. The zero-order valence-electron chi connectivity index (χ0n) is 12.0. The van der Waals surface area contributed by atoms with E-state index in [4.69, 9.17) is 11.6 Å². The lowest BCUT2D eigenvalue weighted by atomic mass is 10.1. The van der Waals surface area contributed by atoms with Gasteiger partial charge in [0, 0.05) is 30.3 Å². The van der Waals surface area contributed by atoms with Crippen LogP contribution in [0.4, 0.5) is 0 Å². The third-order valence-electron chi connectivity index (χ3n) is 2.96. The van der Waals surface area contributed by atoms with Gasteiger partial charge in [-0.15, -0.1) is 0 Å². The quantitative estimate of drug-likeness (QED) is 0.774. The number of benzene rings is 1. The largest absolute Gasteiger partial charge is 0.272 e. The summed E-state index contributed by atoms with van der Waals surface area (Å²) in [6.07, 6.45) is 6.73. The molecule has 1 aromatic carbocycles. The van der Waals surface area contributed by atoms with Crippen LogP contribution in [-0.2, 0) is 4.79 Å². The Morgan fingerprint density at radius 3 is 2.76 bits per heavy atom. The maximum atomic E-state index is 11.7. The number of hydrogen-bond donors (Lipinski definition) is 0. The molecule has 1 amide bonds. The van der Waals surface area contributed by atoms with Gasteiger partial charge in [-0.1, -0.05) is 42.7 Å². The standard InChI is InChI=1S/C17H17ClN2O/c1-2-3-4-13-20-17(21)12-11-16(19-20)10-7-14-5-8-15(18)9-6-14/h5-10H,2-3,11-12H2,1H3/b10-7+. The molecule has 1 heterocycles. The molecule has 0 aliphatic carbocycles. The summed E-state index contributed by atoms with van der Waals surface area (Å²) in [5, 5.41) is 6.26. The second kappa shape index (κ2) is 7.66. The molecule has 108 valence electrons. The van der Waals surface area contributed by atoms with Crippen LogP contribution in [0.25, 0.3) is 6.08 Å². The first-order chi connectivity index (χ1) is 10.2. The van der Waals surface area contributed by atoms with Gasteiger partial charge < -0.3 is 0 Å². The molecular formula is C17H17ClN2O. The third-order valence-corrected chi connectivity index (χ3v) is 3.21. The molecule has 0 saturated carbocycles. The van der Waals surface area contributed by atoms with E-state index in [1.165, 1.54) is 5.01 Å². The van der Waals surface area contributed by atoms with Crippen molar-refractivity contribution in [2.75, 3.05) is 0 Å². The monoisotopic (exact) mass is 300 g/mol. The molecule has 0 saturated heterocycles. The van der Waals surface area contributed by atoms with Crippen molar-refractivity contribution in [3.8, 4) is 12.0 Å². The highest BCUT2D eigenvalue weighted by Gasteiger charge is 2.17. The molecule has 4 heteroatoms. The van der Waals surface area contributed by atoms with Crippen LogP contribution in [0.2, 0.25) is 5.02 Å². The summed E-state index contributed by atoms with van der Waals surface area (Å²) >= 11 is 5.85. The summed E-state index contributed by atoms with van der Waals surface area (Å²) in [6, 6.07) is 10.4. The minimum Gasteiger partial charge on any atom is -0.272 e. The highest BCUT2D eigenvalue weighted by atomic mass is 35.5. The SMILES string of the molecule is CCCC#CN1N=C(/C=C/c2ccc(Cl)cc2)CCC1=O. The molecule has 0 N–H and O–H groups in total. The summed E-state index contributed by atoms with van der Waals surface area (Å²) in [7, 11) is 0. The van der Waals surface area contributed by atoms with E-state index in [1.807, 2.05) is 36.4 Å². The van der Waals surface area contributed by atoms with Crippen molar-refractivity contribution >= 4 is 29.3 Å². The summed E-state index contributed by atoms with van der Waals surface area (Å²) in [6.45, 7) is 2.05. The molecule has 0 spiro atoms. The first kappa shape index (κ1) is 15.3. The fourth-order valence-electron chi connectivity index (χ4n) is 1.80. The average molecular weight is 301 g/mol. The lowest BCUT2D eigenvalue weighted by Crippen LogP contribution is -2.27. The van der Waals surface area contributed by atoms with Crippen LogP contribution >= 0.6 is 11.6 Å². The Labute approximate surface area is 130 Å². The van der Waals surface area contributed by atoms with Gasteiger partial charge in [-0.2, -0.15) is 10.1 Å². The fraction of sp³-hybridized carbons (Fsp3) is 0.294. The number of carbonyl (C=O) groups excluding carboxylic acids is 1. The van der Waals surface area contributed by atoms with Crippen molar-refractivity contribution in [1.82, 2.24) is 5.01 Å². The van der Waals surface area contributed by atoms with E-state index in [2.05, 4.69) is 24.0 Å². The summed E-state index contributed by atoms with van der Waals surface area (Å²) < 4.78 is 0. The molecule has 1 aliphatic heterocycles. The number of allylic oxidation sites excluding steroid dienone is 1. The number of nitrogens with zero attached hydrogens (tertiary/aromatic N) is 2. The second-order valence-electron chi connectivity index (χ2n) is 4.72. The number of unbranched alkanes of at least 4 members (excludes halogenated alkanes) is 1. The minimum absolute atomic E-state index is 0.0396. The fourth-order valence-corrected chi connectivity index (χ4v) is 1.93. The van der Waals surface area contributed by atoms with Crippen LogP contribution in [0.5, 0.6) is 0 Å². The molecule has 1 aromatic rings.